The molecule has 1 aliphatic heterocycles. The van der Waals surface area contributed by atoms with Gasteiger partial charge in [0.1, 0.15) is 5.82 Å². The first-order valence-corrected chi connectivity index (χ1v) is 7.90. The number of hydrogen-bond acceptors (Lipinski definition) is 5. The minimum Gasteiger partial charge on any atom is -0.389 e. The highest BCUT2D eigenvalue weighted by atomic mass is 32.1. The molecule has 0 spiro atoms. The molecule has 4 nitrogen and oxygen atoms in total. The van der Waals surface area contributed by atoms with Gasteiger partial charge in [-0.15, -0.1) is 11.3 Å². The molecule has 1 fully saturated rings. The van der Waals surface area contributed by atoms with Crippen LogP contribution >= 0.6 is 11.3 Å². The third-order valence-corrected chi connectivity index (χ3v) is 4.59. The fourth-order valence-electron chi connectivity index (χ4n) is 2.73. The molecule has 2 aromatic rings. The van der Waals surface area contributed by atoms with Gasteiger partial charge >= 0.3 is 0 Å². The van der Waals surface area contributed by atoms with Gasteiger partial charge in [0, 0.05) is 49.0 Å². The van der Waals surface area contributed by atoms with Crippen molar-refractivity contribution >= 4 is 22.2 Å². The molecule has 112 valence electrons. The van der Waals surface area contributed by atoms with E-state index in [1.165, 1.54) is 6.07 Å². The van der Waals surface area contributed by atoms with Crippen LogP contribution in [0.1, 0.15) is 18.6 Å². The number of rotatable bonds is 3. The van der Waals surface area contributed by atoms with Crippen LogP contribution in [0.3, 0.4) is 0 Å². The molecule has 1 atom stereocenters. The Morgan fingerprint density at radius 1 is 1.24 bits per heavy atom. The van der Waals surface area contributed by atoms with Gasteiger partial charge in [0.25, 0.3) is 0 Å². The van der Waals surface area contributed by atoms with Crippen LogP contribution in [0.4, 0.5) is 15.2 Å². The van der Waals surface area contributed by atoms with E-state index in [1.807, 2.05) is 17.6 Å². The van der Waals surface area contributed by atoms with E-state index < -0.39 is 6.10 Å². The Morgan fingerprint density at radius 3 is 2.57 bits per heavy atom. The minimum absolute atomic E-state index is 0.343. The summed E-state index contributed by atoms with van der Waals surface area (Å²) in [6.45, 7) is 4.89. The van der Waals surface area contributed by atoms with Crippen molar-refractivity contribution < 1.29 is 9.50 Å². The summed E-state index contributed by atoms with van der Waals surface area (Å²) in [4.78, 5) is 8.70. The van der Waals surface area contributed by atoms with Crippen LogP contribution in [0, 0.1) is 5.82 Å². The highest BCUT2D eigenvalue weighted by molar-refractivity contribution is 7.13. The lowest BCUT2D eigenvalue weighted by molar-refractivity contribution is 0.194. The van der Waals surface area contributed by atoms with Crippen LogP contribution < -0.4 is 9.80 Å². The number of halogens is 1. The fourth-order valence-corrected chi connectivity index (χ4v) is 3.42. The van der Waals surface area contributed by atoms with Gasteiger partial charge in [0.15, 0.2) is 5.13 Å². The highest BCUT2D eigenvalue weighted by Crippen LogP contribution is 2.30. The summed E-state index contributed by atoms with van der Waals surface area (Å²) >= 11 is 1.63. The number of anilines is 2. The first-order chi connectivity index (χ1) is 10.2. The number of aliphatic hydroxyl groups is 1. The number of aliphatic hydroxyl groups excluding tert-OH is 1. The summed E-state index contributed by atoms with van der Waals surface area (Å²) in [7, 11) is 0. The molecule has 1 saturated heterocycles. The molecule has 0 amide bonds. The molecule has 3 rings (SSSR count). The fraction of sp³-hybridized carbons (Fsp3) is 0.400. The maximum atomic E-state index is 14.0. The van der Waals surface area contributed by atoms with E-state index in [2.05, 4.69) is 14.8 Å². The summed E-state index contributed by atoms with van der Waals surface area (Å²) in [6.07, 6.45) is 1.00. The van der Waals surface area contributed by atoms with Crippen molar-refractivity contribution in [3.05, 3.63) is 41.2 Å². The largest absolute Gasteiger partial charge is 0.389 e. The Morgan fingerprint density at radius 2 is 1.95 bits per heavy atom. The topological polar surface area (TPSA) is 39.6 Å². The zero-order chi connectivity index (χ0) is 14.8. The Kier molecular flexibility index (Phi) is 4.07. The summed E-state index contributed by atoms with van der Waals surface area (Å²) in [5, 5.41) is 12.8. The van der Waals surface area contributed by atoms with Gasteiger partial charge < -0.3 is 14.9 Å². The average Bonchev–Trinajstić information content (AvgIpc) is 3.01. The molecule has 6 heteroatoms. The second-order valence-electron chi connectivity index (χ2n) is 5.14. The third-order valence-electron chi connectivity index (χ3n) is 3.76. The van der Waals surface area contributed by atoms with Crippen LogP contribution in [0.5, 0.6) is 0 Å². The van der Waals surface area contributed by atoms with Crippen molar-refractivity contribution in [3.8, 4) is 0 Å². The van der Waals surface area contributed by atoms with Crippen molar-refractivity contribution in [2.75, 3.05) is 36.0 Å². The zero-order valence-electron chi connectivity index (χ0n) is 11.9. The standard InChI is InChI=1S/C15H18FN3OS/c1-11(20)14-12(16)3-2-4-13(14)18-6-8-19(9-7-18)15-17-5-10-21-15/h2-5,10-11,20H,6-9H2,1H3. The van der Waals surface area contributed by atoms with Gasteiger partial charge in [-0.3, -0.25) is 0 Å². The maximum absolute atomic E-state index is 14.0. The summed E-state index contributed by atoms with van der Waals surface area (Å²) in [5.41, 5.74) is 1.18. The smallest absolute Gasteiger partial charge is 0.185 e. The normalized spacial score (nSPS) is 17.1. The van der Waals surface area contributed by atoms with Crippen LogP contribution in [0.25, 0.3) is 0 Å². The van der Waals surface area contributed by atoms with Crippen molar-refractivity contribution in [3.63, 3.8) is 0 Å². The molecule has 0 aliphatic carbocycles. The van der Waals surface area contributed by atoms with Gasteiger partial charge in [-0.1, -0.05) is 6.07 Å². The van der Waals surface area contributed by atoms with Gasteiger partial charge in [-0.25, -0.2) is 9.37 Å². The molecule has 0 radical (unpaired) electrons. The molecule has 0 bridgehead atoms. The molecule has 1 aliphatic rings. The summed E-state index contributed by atoms with van der Waals surface area (Å²) in [6, 6.07) is 4.98. The van der Waals surface area contributed by atoms with E-state index in [-0.39, 0.29) is 5.82 Å². The second kappa shape index (κ2) is 5.99. The summed E-state index contributed by atoms with van der Waals surface area (Å²) in [5.74, 6) is -0.343. The Balaban J connectivity index is 1.77. The first kappa shape index (κ1) is 14.3. The second-order valence-corrected chi connectivity index (χ2v) is 6.01. The third kappa shape index (κ3) is 2.87. The number of aromatic nitrogens is 1. The number of nitrogens with zero attached hydrogens (tertiary/aromatic N) is 3. The molecule has 1 N–H and O–H groups in total. The van der Waals surface area contributed by atoms with Gasteiger partial charge in [-0.2, -0.15) is 0 Å². The lowest BCUT2D eigenvalue weighted by atomic mass is 10.1. The van der Waals surface area contributed by atoms with Gasteiger partial charge in [0.05, 0.1) is 6.10 Å². The van der Waals surface area contributed by atoms with E-state index in [0.29, 0.717) is 5.56 Å². The van der Waals surface area contributed by atoms with E-state index in [9.17, 15) is 9.50 Å². The highest BCUT2D eigenvalue weighted by Gasteiger charge is 2.23. The van der Waals surface area contributed by atoms with Crippen LogP contribution in [-0.2, 0) is 0 Å². The van der Waals surface area contributed by atoms with E-state index in [0.717, 1.165) is 37.0 Å². The SMILES string of the molecule is CC(O)c1c(F)cccc1N1CCN(c2nccs2)CC1. The average molecular weight is 307 g/mol. The molecule has 2 heterocycles. The molecule has 1 aromatic heterocycles. The predicted molar refractivity (Wildman–Crippen MR) is 83.6 cm³/mol. The Labute approximate surface area is 127 Å². The van der Waals surface area contributed by atoms with E-state index in [1.54, 1.807) is 24.3 Å². The lowest BCUT2D eigenvalue weighted by Crippen LogP contribution is -2.47. The predicted octanol–water partition coefficient (Wildman–Crippen LogP) is 2.66. The zero-order valence-corrected chi connectivity index (χ0v) is 12.7. The first-order valence-electron chi connectivity index (χ1n) is 7.02. The minimum atomic E-state index is -0.807. The van der Waals surface area contributed by atoms with Crippen LogP contribution in [0.15, 0.2) is 29.8 Å². The van der Waals surface area contributed by atoms with Crippen LogP contribution in [-0.4, -0.2) is 36.3 Å². The van der Waals surface area contributed by atoms with E-state index in [4.69, 9.17) is 0 Å². The quantitative estimate of drug-likeness (QED) is 0.946. The molecule has 21 heavy (non-hydrogen) atoms. The van der Waals surface area contributed by atoms with Gasteiger partial charge in [0.2, 0.25) is 0 Å². The number of piperazine rings is 1. The maximum Gasteiger partial charge on any atom is 0.185 e. The van der Waals surface area contributed by atoms with E-state index >= 15 is 0 Å². The van der Waals surface area contributed by atoms with Crippen LogP contribution in [0.2, 0.25) is 0 Å². The molecular weight excluding hydrogens is 289 g/mol. The number of hydrogen-bond donors (Lipinski definition) is 1. The van der Waals surface area contributed by atoms with Gasteiger partial charge in [-0.05, 0) is 19.1 Å². The Bertz CT molecular complexity index is 595. The van der Waals surface area contributed by atoms with Crippen molar-refractivity contribution in [1.29, 1.82) is 0 Å². The Hall–Kier alpha value is -1.66. The van der Waals surface area contributed by atoms with Crippen molar-refractivity contribution in [2.45, 2.75) is 13.0 Å². The van der Waals surface area contributed by atoms with Crippen molar-refractivity contribution in [2.24, 2.45) is 0 Å². The molecule has 1 aromatic carbocycles. The van der Waals surface area contributed by atoms with Crippen molar-refractivity contribution in [1.82, 2.24) is 4.98 Å². The molecular formula is C15H18FN3OS. The lowest BCUT2D eigenvalue weighted by Gasteiger charge is -2.37. The molecule has 0 saturated carbocycles. The number of benzene rings is 1. The summed E-state index contributed by atoms with van der Waals surface area (Å²) < 4.78 is 14.0. The number of thiazole rings is 1. The molecule has 1 unspecified atom stereocenters. The monoisotopic (exact) mass is 307 g/mol.